The third kappa shape index (κ3) is 4.46. The average Bonchev–Trinajstić information content (AvgIpc) is 2.66. The molecule has 1 fully saturated rings. The number of rotatable bonds is 6. The van der Waals surface area contributed by atoms with Crippen molar-refractivity contribution in [3.05, 3.63) is 23.8 Å². The normalized spacial score (nSPS) is 16.8. The van der Waals surface area contributed by atoms with E-state index < -0.39 is 5.54 Å². The Balaban J connectivity index is 2.04. The molecule has 1 aromatic carbocycles. The Bertz CT molecular complexity index is 630. The van der Waals surface area contributed by atoms with Crippen LogP contribution >= 0.6 is 0 Å². The van der Waals surface area contributed by atoms with E-state index in [0.717, 1.165) is 6.42 Å². The van der Waals surface area contributed by atoms with Crippen LogP contribution in [0.1, 0.15) is 37.0 Å². The lowest BCUT2D eigenvalue weighted by molar-refractivity contribution is -0.138. The summed E-state index contributed by atoms with van der Waals surface area (Å²) in [5.74, 6) is 0.993. The van der Waals surface area contributed by atoms with Crippen LogP contribution in [-0.2, 0) is 4.79 Å². The van der Waals surface area contributed by atoms with Crippen LogP contribution in [0.5, 0.6) is 11.5 Å². The number of ether oxygens (including phenoxy) is 2. The number of nitrogens with zero attached hydrogens (tertiary/aromatic N) is 2. The van der Waals surface area contributed by atoms with Crippen molar-refractivity contribution in [1.29, 1.82) is 0 Å². The van der Waals surface area contributed by atoms with Gasteiger partial charge < -0.3 is 25.0 Å². The molecule has 0 saturated carbocycles. The molecule has 1 aliphatic rings. The van der Waals surface area contributed by atoms with Gasteiger partial charge in [0.05, 0.1) is 19.8 Å². The molecule has 144 valence electrons. The number of benzene rings is 1. The van der Waals surface area contributed by atoms with Crippen LogP contribution in [-0.4, -0.2) is 67.6 Å². The number of carbonyl (C=O) groups excluding carboxylic acids is 2. The van der Waals surface area contributed by atoms with E-state index in [0.29, 0.717) is 49.7 Å². The summed E-state index contributed by atoms with van der Waals surface area (Å²) in [5.41, 5.74) is 5.82. The molecule has 7 nitrogen and oxygen atoms in total. The van der Waals surface area contributed by atoms with Gasteiger partial charge in [-0.15, -0.1) is 0 Å². The second-order valence-electron chi connectivity index (χ2n) is 6.85. The van der Waals surface area contributed by atoms with Crippen molar-refractivity contribution in [1.82, 2.24) is 9.80 Å². The first kappa shape index (κ1) is 20.0. The monoisotopic (exact) mass is 363 g/mol. The van der Waals surface area contributed by atoms with Gasteiger partial charge in [0.1, 0.15) is 11.5 Å². The van der Waals surface area contributed by atoms with Crippen molar-refractivity contribution in [3.63, 3.8) is 0 Å². The predicted molar refractivity (Wildman–Crippen MR) is 99.5 cm³/mol. The summed E-state index contributed by atoms with van der Waals surface area (Å²) >= 11 is 0. The first-order chi connectivity index (χ1) is 12.3. The molecule has 1 aromatic rings. The first-order valence-corrected chi connectivity index (χ1v) is 8.93. The molecule has 0 bridgehead atoms. The van der Waals surface area contributed by atoms with Crippen molar-refractivity contribution in [2.24, 2.45) is 5.73 Å². The highest BCUT2D eigenvalue weighted by Crippen LogP contribution is 2.24. The lowest BCUT2D eigenvalue weighted by Crippen LogP contribution is -2.58. The minimum absolute atomic E-state index is 0.0468. The van der Waals surface area contributed by atoms with Gasteiger partial charge in [-0.05, 0) is 25.5 Å². The molecule has 1 atom stereocenters. The summed E-state index contributed by atoms with van der Waals surface area (Å²) in [6, 6.07) is 5.12. The van der Waals surface area contributed by atoms with Gasteiger partial charge in [-0.3, -0.25) is 9.59 Å². The Morgan fingerprint density at radius 2 is 1.54 bits per heavy atom. The van der Waals surface area contributed by atoms with Gasteiger partial charge in [-0.2, -0.15) is 0 Å². The minimum atomic E-state index is -0.846. The zero-order valence-electron chi connectivity index (χ0n) is 16.1. The maximum atomic E-state index is 12.8. The smallest absolute Gasteiger partial charge is 0.254 e. The van der Waals surface area contributed by atoms with Crippen LogP contribution in [0.3, 0.4) is 0 Å². The number of hydrogen-bond acceptors (Lipinski definition) is 5. The topological polar surface area (TPSA) is 85.1 Å². The molecule has 0 aliphatic carbocycles. The highest BCUT2D eigenvalue weighted by molar-refractivity contribution is 5.95. The molecule has 7 heteroatoms. The Labute approximate surface area is 155 Å². The quantitative estimate of drug-likeness (QED) is 0.828. The highest BCUT2D eigenvalue weighted by atomic mass is 16.5. The highest BCUT2D eigenvalue weighted by Gasteiger charge is 2.34. The van der Waals surface area contributed by atoms with Gasteiger partial charge in [0.2, 0.25) is 5.91 Å². The van der Waals surface area contributed by atoms with E-state index in [-0.39, 0.29) is 11.8 Å². The summed E-state index contributed by atoms with van der Waals surface area (Å²) in [7, 11) is 3.10. The zero-order chi connectivity index (χ0) is 19.3. The van der Waals surface area contributed by atoms with Crippen LogP contribution < -0.4 is 15.2 Å². The maximum absolute atomic E-state index is 12.8. The molecule has 1 heterocycles. The number of methoxy groups -OCH3 is 2. The van der Waals surface area contributed by atoms with E-state index in [2.05, 4.69) is 0 Å². The first-order valence-electron chi connectivity index (χ1n) is 8.93. The average molecular weight is 363 g/mol. The summed E-state index contributed by atoms with van der Waals surface area (Å²) in [4.78, 5) is 28.9. The van der Waals surface area contributed by atoms with Crippen molar-refractivity contribution in [2.45, 2.75) is 32.2 Å². The van der Waals surface area contributed by atoms with Gasteiger partial charge in [-0.25, -0.2) is 0 Å². The van der Waals surface area contributed by atoms with Gasteiger partial charge in [0, 0.05) is 37.8 Å². The van der Waals surface area contributed by atoms with Gasteiger partial charge in [0.15, 0.2) is 0 Å². The lowest BCUT2D eigenvalue weighted by Gasteiger charge is -2.38. The summed E-state index contributed by atoms with van der Waals surface area (Å²) < 4.78 is 10.5. The fourth-order valence-corrected chi connectivity index (χ4v) is 3.21. The fraction of sp³-hybridized carbons (Fsp3) is 0.579. The lowest BCUT2D eigenvalue weighted by atomic mass is 9.95. The third-order valence-electron chi connectivity index (χ3n) is 4.71. The predicted octanol–water partition coefficient (Wildman–Crippen LogP) is 1.51. The Kier molecular flexibility index (Phi) is 6.47. The number of piperazine rings is 1. The molecular weight excluding hydrogens is 334 g/mol. The van der Waals surface area contributed by atoms with E-state index in [1.165, 1.54) is 0 Å². The van der Waals surface area contributed by atoms with Gasteiger partial charge in [0.25, 0.3) is 5.91 Å². The summed E-state index contributed by atoms with van der Waals surface area (Å²) in [6.45, 7) is 5.72. The van der Waals surface area contributed by atoms with E-state index in [1.54, 1.807) is 49.1 Å². The molecular formula is C19H29N3O4. The van der Waals surface area contributed by atoms with Crippen molar-refractivity contribution in [2.75, 3.05) is 40.4 Å². The third-order valence-corrected chi connectivity index (χ3v) is 4.71. The molecule has 0 aromatic heterocycles. The Hall–Kier alpha value is -2.28. The van der Waals surface area contributed by atoms with E-state index >= 15 is 0 Å². The van der Waals surface area contributed by atoms with Crippen LogP contribution in [0, 0.1) is 0 Å². The molecule has 0 spiro atoms. The number of nitrogens with two attached hydrogens (primary N) is 1. The molecule has 26 heavy (non-hydrogen) atoms. The maximum Gasteiger partial charge on any atom is 0.254 e. The zero-order valence-corrected chi connectivity index (χ0v) is 16.1. The molecule has 2 N–H and O–H groups in total. The SMILES string of the molecule is CCCC(C)(N)C(=O)N1CCN(C(=O)c2cc(OC)cc(OC)c2)CC1. The van der Waals surface area contributed by atoms with Crippen molar-refractivity contribution in [3.8, 4) is 11.5 Å². The van der Waals surface area contributed by atoms with Crippen molar-refractivity contribution < 1.29 is 19.1 Å². The number of hydrogen-bond donors (Lipinski definition) is 1. The molecule has 1 unspecified atom stereocenters. The minimum Gasteiger partial charge on any atom is -0.497 e. The molecule has 1 saturated heterocycles. The Morgan fingerprint density at radius 1 is 1.04 bits per heavy atom. The molecule has 1 aliphatic heterocycles. The second kappa shape index (κ2) is 8.40. The van der Waals surface area contributed by atoms with E-state index in [4.69, 9.17) is 15.2 Å². The van der Waals surface area contributed by atoms with Crippen LogP contribution in [0.25, 0.3) is 0 Å². The van der Waals surface area contributed by atoms with Crippen LogP contribution in [0.2, 0.25) is 0 Å². The van der Waals surface area contributed by atoms with E-state index in [9.17, 15) is 9.59 Å². The summed E-state index contributed by atoms with van der Waals surface area (Å²) in [6.07, 6.45) is 1.50. The standard InChI is InChI=1S/C19H29N3O4/c1-5-6-19(2,20)18(24)22-9-7-21(8-10-22)17(23)14-11-15(25-3)13-16(12-14)26-4/h11-13H,5-10,20H2,1-4H3. The Morgan fingerprint density at radius 3 is 2.00 bits per heavy atom. The van der Waals surface area contributed by atoms with Gasteiger partial charge in [-0.1, -0.05) is 13.3 Å². The molecule has 2 amide bonds. The number of amides is 2. The van der Waals surface area contributed by atoms with E-state index in [1.807, 2.05) is 6.92 Å². The van der Waals surface area contributed by atoms with Crippen molar-refractivity contribution >= 4 is 11.8 Å². The van der Waals surface area contributed by atoms with Gasteiger partial charge >= 0.3 is 0 Å². The fourth-order valence-electron chi connectivity index (χ4n) is 3.21. The van der Waals surface area contributed by atoms with Crippen LogP contribution in [0.4, 0.5) is 0 Å². The largest absolute Gasteiger partial charge is 0.497 e. The molecule has 2 rings (SSSR count). The summed E-state index contributed by atoms with van der Waals surface area (Å²) in [5, 5.41) is 0. The second-order valence-corrected chi connectivity index (χ2v) is 6.85. The van der Waals surface area contributed by atoms with Crippen LogP contribution in [0.15, 0.2) is 18.2 Å². The number of carbonyl (C=O) groups is 2. The molecule has 0 radical (unpaired) electrons.